The number of nitrogens with two attached hydrogens (primary N) is 1. The minimum atomic E-state index is -0.573. The maximum atomic E-state index is 11.8. The fourth-order valence-electron chi connectivity index (χ4n) is 1.81. The summed E-state index contributed by atoms with van der Waals surface area (Å²) in [4.78, 5) is 22.5. The number of hydrogen-bond acceptors (Lipinski definition) is 4. The van der Waals surface area contributed by atoms with Crippen LogP contribution in [0.25, 0.3) is 11.3 Å². The molecule has 0 bridgehead atoms. The number of aromatic nitrogens is 1. The van der Waals surface area contributed by atoms with Gasteiger partial charge in [-0.25, -0.2) is 0 Å². The van der Waals surface area contributed by atoms with E-state index >= 15 is 0 Å². The molecule has 0 unspecified atom stereocenters. The Morgan fingerprint density at radius 1 is 1.33 bits per heavy atom. The zero-order valence-corrected chi connectivity index (χ0v) is 13.1. The quantitative estimate of drug-likeness (QED) is 0.825. The molecular weight excluding hydrogens is 306 g/mol. The molecule has 7 heteroatoms. The van der Waals surface area contributed by atoms with E-state index in [1.54, 1.807) is 4.57 Å². The molecule has 0 saturated carbocycles. The summed E-state index contributed by atoms with van der Waals surface area (Å²) in [6.45, 7) is 1.91. The second kappa shape index (κ2) is 6.64. The molecule has 1 aromatic heterocycles. The molecule has 0 aliphatic rings. The van der Waals surface area contributed by atoms with Crippen molar-refractivity contribution in [2.45, 2.75) is 13.5 Å². The first-order valence-corrected chi connectivity index (χ1v) is 7.56. The summed E-state index contributed by atoms with van der Waals surface area (Å²) >= 11 is 6.67. The molecular formula is C14H15N3O2S2. The number of nitrogens with zero attached hydrogens (tertiary/aromatic N) is 1. The fourth-order valence-corrected chi connectivity index (χ4v) is 2.89. The second-order valence-corrected chi connectivity index (χ2v) is 6.09. The van der Waals surface area contributed by atoms with Crippen LogP contribution in [0.2, 0.25) is 0 Å². The van der Waals surface area contributed by atoms with E-state index in [9.17, 15) is 9.59 Å². The molecule has 0 spiro atoms. The Bertz CT molecular complexity index is 717. The van der Waals surface area contributed by atoms with Gasteiger partial charge in [0.1, 0.15) is 6.54 Å². The van der Waals surface area contributed by atoms with E-state index < -0.39 is 5.91 Å². The van der Waals surface area contributed by atoms with Gasteiger partial charge >= 0.3 is 0 Å². The van der Waals surface area contributed by atoms with Crippen LogP contribution in [0.4, 0.5) is 0 Å². The Hall–Kier alpha value is -1.99. The van der Waals surface area contributed by atoms with Crippen molar-refractivity contribution in [1.82, 2.24) is 9.88 Å². The Labute approximate surface area is 131 Å². The van der Waals surface area contributed by atoms with Crippen LogP contribution < -0.4 is 11.1 Å². The maximum Gasteiger partial charge on any atom is 0.240 e. The summed E-state index contributed by atoms with van der Waals surface area (Å²) < 4.78 is 2.36. The number of nitrogens with one attached hydrogen (secondary N) is 1. The minimum absolute atomic E-state index is 0.0683. The summed E-state index contributed by atoms with van der Waals surface area (Å²) in [5.41, 5.74) is 8.05. The van der Waals surface area contributed by atoms with E-state index in [0.717, 1.165) is 11.3 Å². The topological polar surface area (TPSA) is 77.1 Å². The van der Waals surface area contributed by atoms with Crippen LogP contribution >= 0.6 is 23.6 Å². The Morgan fingerprint density at radius 3 is 2.62 bits per heavy atom. The standard InChI is InChI=1S/C14H15N3O2S2/c1-9-2-4-10(5-3-9)11-8-21-14(20)17(11)7-13(19)16-6-12(15)18/h2-5,8H,6-7H2,1H3,(H2,15,18)(H,16,19). The molecule has 0 aliphatic carbocycles. The smallest absolute Gasteiger partial charge is 0.240 e. The Balaban J connectivity index is 2.22. The first kappa shape index (κ1) is 15.4. The number of amides is 2. The second-order valence-electron chi connectivity index (χ2n) is 4.58. The maximum absolute atomic E-state index is 11.8. The summed E-state index contributed by atoms with van der Waals surface area (Å²) in [5, 5.41) is 4.38. The molecule has 2 amide bonds. The van der Waals surface area contributed by atoms with Crippen LogP contribution in [0.15, 0.2) is 29.6 Å². The highest BCUT2D eigenvalue weighted by Crippen LogP contribution is 2.24. The molecule has 2 rings (SSSR count). The van der Waals surface area contributed by atoms with Crippen LogP contribution in [0.1, 0.15) is 5.56 Å². The lowest BCUT2D eigenvalue weighted by molar-refractivity contribution is -0.125. The van der Waals surface area contributed by atoms with Crippen molar-refractivity contribution >= 4 is 35.4 Å². The first-order valence-electron chi connectivity index (χ1n) is 6.28. The van der Waals surface area contributed by atoms with Crippen LogP contribution in [-0.2, 0) is 16.1 Å². The number of carbonyl (C=O) groups is 2. The third kappa shape index (κ3) is 3.99. The highest BCUT2D eigenvalue weighted by Gasteiger charge is 2.11. The molecule has 0 saturated heterocycles. The van der Waals surface area contributed by atoms with E-state index in [2.05, 4.69) is 5.32 Å². The van der Waals surface area contributed by atoms with Crippen molar-refractivity contribution < 1.29 is 9.59 Å². The van der Waals surface area contributed by atoms with Crippen molar-refractivity contribution in [2.24, 2.45) is 5.73 Å². The van der Waals surface area contributed by atoms with Crippen LogP contribution in [0.5, 0.6) is 0 Å². The van der Waals surface area contributed by atoms with Crippen molar-refractivity contribution in [3.63, 3.8) is 0 Å². The molecule has 5 nitrogen and oxygen atoms in total. The molecule has 0 atom stereocenters. The fraction of sp³-hybridized carbons (Fsp3) is 0.214. The molecule has 0 radical (unpaired) electrons. The van der Waals surface area contributed by atoms with Crippen LogP contribution in [0, 0.1) is 10.9 Å². The number of benzene rings is 1. The van der Waals surface area contributed by atoms with Gasteiger partial charge in [0.05, 0.1) is 12.2 Å². The molecule has 0 fully saturated rings. The number of aryl methyl sites for hydroxylation is 1. The van der Waals surface area contributed by atoms with Gasteiger partial charge in [0.25, 0.3) is 0 Å². The Kier molecular flexibility index (Phi) is 4.87. The number of thiazole rings is 1. The van der Waals surface area contributed by atoms with Gasteiger partial charge in [-0.3, -0.25) is 9.59 Å². The molecule has 1 heterocycles. The van der Waals surface area contributed by atoms with Crippen molar-refractivity contribution in [2.75, 3.05) is 6.54 Å². The normalized spacial score (nSPS) is 10.3. The van der Waals surface area contributed by atoms with E-state index in [1.165, 1.54) is 16.9 Å². The van der Waals surface area contributed by atoms with Gasteiger partial charge in [-0.1, -0.05) is 29.8 Å². The van der Waals surface area contributed by atoms with Gasteiger partial charge in [0.2, 0.25) is 11.8 Å². The highest BCUT2D eigenvalue weighted by molar-refractivity contribution is 7.73. The molecule has 2 aromatic rings. The average Bonchev–Trinajstić information content (AvgIpc) is 2.79. The van der Waals surface area contributed by atoms with Gasteiger partial charge in [0, 0.05) is 5.38 Å². The highest BCUT2D eigenvalue weighted by atomic mass is 32.1. The number of primary amides is 1. The average molecular weight is 321 g/mol. The van der Waals surface area contributed by atoms with Crippen LogP contribution in [-0.4, -0.2) is 22.9 Å². The third-order valence-electron chi connectivity index (χ3n) is 2.89. The van der Waals surface area contributed by atoms with Crippen molar-refractivity contribution in [3.05, 3.63) is 39.2 Å². The monoisotopic (exact) mass is 321 g/mol. The summed E-state index contributed by atoms with van der Waals surface area (Å²) in [7, 11) is 0. The number of rotatable bonds is 5. The van der Waals surface area contributed by atoms with Gasteiger partial charge in [-0.2, -0.15) is 0 Å². The zero-order chi connectivity index (χ0) is 15.4. The molecule has 1 aromatic carbocycles. The summed E-state index contributed by atoms with van der Waals surface area (Å²) in [6.07, 6.45) is 0. The first-order chi connectivity index (χ1) is 9.97. The lowest BCUT2D eigenvalue weighted by atomic mass is 10.1. The van der Waals surface area contributed by atoms with E-state index in [0.29, 0.717) is 3.95 Å². The Morgan fingerprint density at radius 2 is 2.00 bits per heavy atom. The van der Waals surface area contributed by atoms with Gasteiger partial charge in [-0.05, 0) is 24.7 Å². The summed E-state index contributed by atoms with van der Waals surface area (Å²) in [6, 6.07) is 8.00. The number of hydrogen-bond donors (Lipinski definition) is 2. The number of carbonyl (C=O) groups excluding carboxylic acids is 2. The minimum Gasteiger partial charge on any atom is -0.368 e. The molecule has 110 valence electrons. The largest absolute Gasteiger partial charge is 0.368 e. The van der Waals surface area contributed by atoms with E-state index in [4.69, 9.17) is 18.0 Å². The summed E-state index contributed by atoms with van der Waals surface area (Å²) in [5.74, 6) is -0.868. The van der Waals surface area contributed by atoms with Gasteiger partial charge in [-0.15, -0.1) is 11.3 Å². The van der Waals surface area contributed by atoms with Crippen LogP contribution in [0.3, 0.4) is 0 Å². The zero-order valence-electron chi connectivity index (χ0n) is 11.5. The molecule has 3 N–H and O–H groups in total. The predicted octanol–water partition coefficient (Wildman–Crippen LogP) is 1.86. The van der Waals surface area contributed by atoms with Crippen molar-refractivity contribution in [3.8, 4) is 11.3 Å². The lowest BCUT2D eigenvalue weighted by Gasteiger charge is -2.09. The van der Waals surface area contributed by atoms with E-state index in [1.807, 2.05) is 36.6 Å². The van der Waals surface area contributed by atoms with Crippen molar-refractivity contribution in [1.29, 1.82) is 0 Å². The van der Waals surface area contributed by atoms with Gasteiger partial charge in [0.15, 0.2) is 3.95 Å². The van der Waals surface area contributed by atoms with Gasteiger partial charge < -0.3 is 15.6 Å². The predicted molar refractivity (Wildman–Crippen MR) is 85.5 cm³/mol. The lowest BCUT2D eigenvalue weighted by Crippen LogP contribution is -2.35. The molecule has 0 aliphatic heterocycles. The van der Waals surface area contributed by atoms with E-state index in [-0.39, 0.29) is 19.0 Å². The molecule has 21 heavy (non-hydrogen) atoms. The SMILES string of the molecule is Cc1ccc(-c2csc(=S)n2CC(=O)NCC(N)=O)cc1. The third-order valence-corrected chi connectivity index (χ3v) is 4.16.